The standard InChI is InChI=1S/C11H6F2N2O/c1-6-2-3-8(12)9(10(6)13)11(16)7(4-14)5-15/h2-3,7H,1H3. The molecule has 0 saturated heterocycles. The number of benzene rings is 1. The van der Waals surface area contributed by atoms with Crippen LogP contribution < -0.4 is 0 Å². The summed E-state index contributed by atoms with van der Waals surface area (Å²) in [6.45, 7) is 1.36. The molecule has 0 saturated carbocycles. The van der Waals surface area contributed by atoms with Gasteiger partial charge in [0.1, 0.15) is 11.6 Å². The van der Waals surface area contributed by atoms with Crippen molar-refractivity contribution in [3.8, 4) is 12.1 Å². The Morgan fingerprint density at radius 3 is 2.38 bits per heavy atom. The number of halogens is 2. The highest BCUT2D eigenvalue weighted by Crippen LogP contribution is 2.19. The molecule has 0 radical (unpaired) electrons. The first-order valence-corrected chi connectivity index (χ1v) is 4.31. The molecule has 0 aromatic heterocycles. The van der Waals surface area contributed by atoms with Crippen LogP contribution in [0.2, 0.25) is 0 Å². The zero-order valence-electron chi connectivity index (χ0n) is 8.29. The summed E-state index contributed by atoms with van der Waals surface area (Å²) in [5, 5.41) is 16.9. The maximum absolute atomic E-state index is 13.5. The minimum absolute atomic E-state index is 0.0828. The van der Waals surface area contributed by atoms with Gasteiger partial charge >= 0.3 is 0 Å². The summed E-state index contributed by atoms with van der Waals surface area (Å²) in [7, 11) is 0. The van der Waals surface area contributed by atoms with Crippen LogP contribution in [0.1, 0.15) is 15.9 Å². The summed E-state index contributed by atoms with van der Waals surface area (Å²) in [4.78, 5) is 11.5. The Balaban J connectivity index is 3.36. The summed E-state index contributed by atoms with van der Waals surface area (Å²) in [6, 6.07) is 4.86. The lowest BCUT2D eigenvalue weighted by atomic mass is 9.97. The normalized spacial score (nSPS) is 9.62. The highest BCUT2D eigenvalue weighted by molar-refractivity contribution is 6.01. The highest BCUT2D eigenvalue weighted by atomic mass is 19.1. The van der Waals surface area contributed by atoms with Crippen molar-refractivity contribution in [3.63, 3.8) is 0 Å². The molecular formula is C11H6F2N2O. The molecule has 0 heterocycles. The Morgan fingerprint density at radius 1 is 1.31 bits per heavy atom. The number of nitrogens with zero attached hydrogens (tertiary/aromatic N) is 2. The van der Waals surface area contributed by atoms with Gasteiger partial charge in [0.2, 0.25) is 0 Å². The van der Waals surface area contributed by atoms with Crippen LogP contribution in [0.3, 0.4) is 0 Å². The summed E-state index contributed by atoms with van der Waals surface area (Å²) in [6.07, 6.45) is 0. The van der Waals surface area contributed by atoms with Crippen LogP contribution in [0.4, 0.5) is 8.78 Å². The fourth-order valence-corrected chi connectivity index (χ4v) is 1.17. The molecule has 0 unspecified atom stereocenters. The average Bonchev–Trinajstić information content (AvgIpc) is 2.26. The second-order valence-corrected chi connectivity index (χ2v) is 3.11. The van der Waals surface area contributed by atoms with Gasteiger partial charge in [-0.3, -0.25) is 4.79 Å². The molecule has 1 rings (SSSR count). The molecule has 0 aliphatic carbocycles. The molecule has 0 aliphatic rings. The quantitative estimate of drug-likeness (QED) is 0.717. The maximum atomic E-state index is 13.5. The SMILES string of the molecule is Cc1ccc(F)c(C(=O)C(C#N)C#N)c1F. The number of aryl methyl sites for hydroxylation is 1. The zero-order chi connectivity index (χ0) is 12.3. The second kappa shape index (κ2) is 4.50. The van der Waals surface area contributed by atoms with Gasteiger partial charge in [0.05, 0.1) is 17.7 Å². The molecule has 0 atom stereocenters. The molecule has 80 valence electrons. The van der Waals surface area contributed by atoms with E-state index in [9.17, 15) is 13.6 Å². The van der Waals surface area contributed by atoms with Gasteiger partial charge in [-0.1, -0.05) is 6.07 Å². The molecule has 0 fully saturated rings. The summed E-state index contributed by atoms with van der Waals surface area (Å²) < 4.78 is 26.7. The fraction of sp³-hybridized carbons (Fsp3) is 0.182. The number of Topliss-reactive ketones (excluding diaryl/α,β-unsaturated/α-hetero) is 1. The van der Waals surface area contributed by atoms with Crippen molar-refractivity contribution in [1.82, 2.24) is 0 Å². The maximum Gasteiger partial charge on any atom is 0.200 e. The fourth-order valence-electron chi connectivity index (χ4n) is 1.17. The molecule has 3 nitrogen and oxygen atoms in total. The smallest absolute Gasteiger partial charge is 0.200 e. The molecule has 1 aromatic carbocycles. The van der Waals surface area contributed by atoms with Crippen molar-refractivity contribution in [3.05, 3.63) is 34.9 Å². The molecule has 0 spiro atoms. The topological polar surface area (TPSA) is 64.7 Å². The number of hydrogen-bond acceptors (Lipinski definition) is 3. The summed E-state index contributed by atoms with van der Waals surface area (Å²) in [5.74, 6) is -4.93. The van der Waals surface area contributed by atoms with Gasteiger partial charge in [-0.2, -0.15) is 10.5 Å². The first-order valence-electron chi connectivity index (χ1n) is 4.31. The molecule has 5 heteroatoms. The Labute approximate surface area is 90.5 Å². The Kier molecular flexibility index (Phi) is 3.32. The zero-order valence-corrected chi connectivity index (χ0v) is 8.29. The van der Waals surface area contributed by atoms with Crippen molar-refractivity contribution in [2.75, 3.05) is 0 Å². The van der Waals surface area contributed by atoms with E-state index in [1.807, 2.05) is 0 Å². The third-order valence-corrected chi connectivity index (χ3v) is 2.05. The van der Waals surface area contributed by atoms with E-state index in [1.54, 1.807) is 0 Å². The van der Waals surface area contributed by atoms with E-state index in [0.29, 0.717) is 0 Å². The Morgan fingerprint density at radius 2 is 1.88 bits per heavy atom. The van der Waals surface area contributed by atoms with E-state index < -0.39 is 28.9 Å². The summed E-state index contributed by atoms with van der Waals surface area (Å²) in [5.41, 5.74) is -0.743. The summed E-state index contributed by atoms with van der Waals surface area (Å²) >= 11 is 0. The number of ketones is 1. The lowest BCUT2D eigenvalue weighted by Crippen LogP contribution is -2.15. The van der Waals surface area contributed by atoms with E-state index in [0.717, 1.165) is 6.07 Å². The van der Waals surface area contributed by atoms with Gasteiger partial charge in [0.15, 0.2) is 11.7 Å². The predicted octanol–water partition coefficient (Wildman–Crippen LogP) is 2.12. The van der Waals surface area contributed by atoms with E-state index in [4.69, 9.17) is 10.5 Å². The molecule has 0 aliphatic heterocycles. The van der Waals surface area contributed by atoms with Crippen LogP contribution >= 0.6 is 0 Å². The number of carbonyl (C=O) groups excluding carboxylic acids is 1. The van der Waals surface area contributed by atoms with Crippen molar-refractivity contribution < 1.29 is 13.6 Å². The van der Waals surface area contributed by atoms with Crippen molar-refractivity contribution in [2.45, 2.75) is 6.92 Å². The Bertz CT molecular complexity index is 512. The number of rotatable bonds is 2. The number of hydrogen-bond donors (Lipinski definition) is 0. The van der Waals surface area contributed by atoms with Gasteiger partial charge in [0.25, 0.3) is 0 Å². The average molecular weight is 220 g/mol. The van der Waals surface area contributed by atoms with E-state index >= 15 is 0 Å². The third-order valence-electron chi connectivity index (χ3n) is 2.05. The van der Waals surface area contributed by atoms with Gasteiger partial charge < -0.3 is 0 Å². The van der Waals surface area contributed by atoms with Crippen LogP contribution in [0.15, 0.2) is 12.1 Å². The van der Waals surface area contributed by atoms with E-state index in [-0.39, 0.29) is 5.56 Å². The van der Waals surface area contributed by atoms with Gasteiger partial charge in [-0.15, -0.1) is 0 Å². The van der Waals surface area contributed by atoms with Crippen LogP contribution in [0.5, 0.6) is 0 Å². The van der Waals surface area contributed by atoms with Crippen molar-refractivity contribution >= 4 is 5.78 Å². The number of nitriles is 2. The highest BCUT2D eigenvalue weighted by Gasteiger charge is 2.26. The molecule has 0 bridgehead atoms. The molecule has 16 heavy (non-hydrogen) atoms. The first kappa shape index (κ1) is 11.8. The minimum atomic E-state index is -1.69. The lowest BCUT2D eigenvalue weighted by molar-refractivity contribution is 0.0962. The van der Waals surface area contributed by atoms with Gasteiger partial charge in [0, 0.05) is 0 Å². The van der Waals surface area contributed by atoms with E-state index in [2.05, 4.69) is 0 Å². The van der Waals surface area contributed by atoms with Crippen LogP contribution in [-0.4, -0.2) is 5.78 Å². The first-order chi connectivity index (χ1) is 7.52. The van der Waals surface area contributed by atoms with Crippen molar-refractivity contribution in [1.29, 1.82) is 10.5 Å². The van der Waals surface area contributed by atoms with E-state index in [1.165, 1.54) is 25.1 Å². The largest absolute Gasteiger partial charge is 0.291 e. The number of carbonyl (C=O) groups is 1. The van der Waals surface area contributed by atoms with Gasteiger partial charge in [-0.05, 0) is 18.6 Å². The van der Waals surface area contributed by atoms with Crippen LogP contribution in [0.25, 0.3) is 0 Å². The van der Waals surface area contributed by atoms with Crippen molar-refractivity contribution in [2.24, 2.45) is 5.92 Å². The molecule has 0 N–H and O–H groups in total. The van der Waals surface area contributed by atoms with Crippen LogP contribution in [-0.2, 0) is 0 Å². The lowest BCUT2D eigenvalue weighted by Gasteiger charge is -2.05. The predicted molar refractivity (Wildman–Crippen MR) is 50.1 cm³/mol. The molecule has 0 amide bonds. The molecule has 1 aromatic rings. The van der Waals surface area contributed by atoms with Gasteiger partial charge in [-0.25, -0.2) is 8.78 Å². The minimum Gasteiger partial charge on any atom is -0.291 e. The third kappa shape index (κ3) is 1.89. The Hall–Kier alpha value is -2.27. The molecular weight excluding hydrogens is 214 g/mol. The second-order valence-electron chi connectivity index (χ2n) is 3.11. The monoisotopic (exact) mass is 220 g/mol. The van der Waals surface area contributed by atoms with Crippen LogP contribution in [0, 0.1) is 47.1 Å².